The molecule has 2 aliphatic rings. The van der Waals surface area contributed by atoms with Crippen molar-refractivity contribution in [1.82, 2.24) is 10.3 Å². The lowest BCUT2D eigenvalue weighted by Crippen LogP contribution is -2.29. The van der Waals surface area contributed by atoms with Gasteiger partial charge in [0.05, 0.1) is 12.2 Å². The summed E-state index contributed by atoms with van der Waals surface area (Å²) >= 11 is 0. The molecular formula is C16H22N2O3. The Labute approximate surface area is 125 Å². The summed E-state index contributed by atoms with van der Waals surface area (Å²) < 4.78 is 11.1. The van der Waals surface area contributed by atoms with Crippen LogP contribution >= 0.6 is 0 Å². The van der Waals surface area contributed by atoms with Gasteiger partial charge in [0.2, 0.25) is 5.88 Å². The maximum absolute atomic E-state index is 12.0. The minimum absolute atomic E-state index is 0.0817. The van der Waals surface area contributed by atoms with Crippen LogP contribution in [0.5, 0.6) is 5.88 Å². The van der Waals surface area contributed by atoms with E-state index in [4.69, 9.17) is 9.47 Å². The van der Waals surface area contributed by atoms with Crippen LogP contribution in [0.3, 0.4) is 0 Å². The molecule has 1 saturated carbocycles. The monoisotopic (exact) mass is 290 g/mol. The highest BCUT2D eigenvalue weighted by Gasteiger charge is 2.18. The highest BCUT2D eigenvalue weighted by molar-refractivity contribution is 5.93. The fourth-order valence-corrected chi connectivity index (χ4v) is 2.84. The second-order valence-electron chi connectivity index (χ2n) is 5.85. The van der Waals surface area contributed by atoms with Gasteiger partial charge in [-0.1, -0.05) is 0 Å². The molecule has 5 nitrogen and oxygen atoms in total. The maximum atomic E-state index is 12.0. The topological polar surface area (TPSA) is 60.5 Å². The Balaban J connectivity index is 1.49. The summed E-state index contributed by atoms with van der Waals surface area (Å²) in [5, 5.41) is 2.93. The van der Waals surface area contributed by atoms with Gasteiger partial charge in [0.25, 0.3) is 5.91 Å². The van der Waals surface area contributed by atoms with E-state index in [2.05, 4.69) is 10.3 Å². The van der Waals surface area contributed by atoms with E-state index in [9.17, 15) is 4.79 Å². The number of nitrogens with one attached hydrogen (secondary N) is 1. The van der Waals surface area contributed by atoms with Crippen molar-refractivity contribution in [2.45, 2.75) is 38.2 Å². The van der Waals surface area contributed by atoms with E-state index in [1.54, 1.807) is 18.3 Å². The molecule has 2 heterocycles. The van der Waals surface area contributed by atoms with Crippen molar-refractivity contribution in [2.75, 3.05) is 19.8 Å². The molecule has 0 bridgehead atoms. The zero-order valence-electron chi connectivity index (χ0n) is 12.2. The Morgan fingerprint density at radius 1 is 1.33 bits per heavy atom. The zero-order chi connectivity index (χ0) is 14.5. The number of rotatable bonds is 5. The average Bonchev–Trinajstić information content (AvgIpc) is 3.19. The molecule has 0 unspecified atom stereocenters. The number of carbonyl (C=O) groups excluding carboxylic acids is 1. The molecule has 0 aromatic carbocycles. The summed E-state index contributed by atoms with van der Waals surface area (Å²) in [6.07, 6.45) is 7.57. The molecule has 1 aliphatic carbocycles. The van der Waals surface area contributed by atoms with Gasteiger partial charge in [0.1, 0.15) is 6.10 Å². The molecular weight excluding hydrogens is 268 g/mol. The number of ether oxygens (including phenoxy) is 2. The zero-order valence-corrected chi connectivity index (χ0v) is 12.2. The number of hydrogen-bond acceptors (Lipinski definition) is 4. The standard InChI is InChI=1S/C16H22N2O3/c19-16(18-9-12-7-8-20-11-12)13-5-6-15(17-10-13)21-14-3-1-2-4-14/h5-6,10,12,14H,1-4,7-9,11H2,(H,18,19)/t12-/m1/s1. The van der Waals surface area contributed by atoms with Crippen molar-refractivity contribution in [2.24, 2.45) is 5.92 Å². The molecule has 114 valence electrons. The smallest absolute Gasteiger partial charge is 0.252 e. The summed E-state index contributed by atoms with van der Waals surface area (Å²) in [5.74, 6) is 0.969. The molecule has 1 saturated heterocycles. The van der Waals surface area contributed by atoms with E-state index in [1.807, 2.05) is 0 Å². The molecule has 1 aromatic rings. The SMILES string of the molecule is O=C(NC[C@H]1CCOC1)c1ccc(OC2CCCC2)nc1. The lowest BCUT2D eigenvalue weighted by molar-refractivity contribution is 0.0944. The highest BCUT2D eigenvalue weighted by atomic mass is 16.5. The van der Waals surface area contributed by atoms with Gasteiger partial charge in [0, 0.05) is 31.3 Å². The van der Waals surface area contributed by atoms with Crippen molar-refractivity contribution in [3.05, 3.63) is 23.9 Å². The van der Waals surface area contributed by atoms with Crippen LogP contribution in [-0.2, 0) is 4.74 Å². The average molecular weight is 290 g/mol. The summed E-state index contributed by atoms with van der Waals surface area (Å²) in [4.78, 5) is 16.3. The van der Waals surface area contributed by atoms with Gasteiger partial charge < -0.3 is 14.8 Å². The third kappa shape index (κ3) is 3.94. The van der Waals surface area contributed by atoms with Crippen LogP contribution in [0.2, 0.25) is 0 Å². The number of hydrogen-bond donors (Lipinski definition) is 1. The van der Waals surface area contributed by atoms with E-state index in [1.165, 1.54) is 12.8 Å². The first-order valence-electron chi connectivity index (χ1n) is 7.80. The summed E-state index contributed by atoms with van der Waals surface area (Å²) in [5.41, 5.74) is 0.577. The number of pyridine rings is 1. The Morgan fingerprint density at radius 3 is 2.86 bits per heavy atom. The quantitative estimate of drug-likeness (QED) is 0.903. The molecule has 3 rings (SSSR count). The molecule has 1 amide bonds. The summed E-state index contributed by atoms with van der Waals surface area (Å²) in [6.45, 7) is 2.21. The van der Waals surface area contributed by atoms with Gasteiger partial charge >= 0.3 is 0 Å². The summed E-state index contributed by atoms with van der Waals surface area (Å²) in [7, 11) is 0. The fraction of sp³-hybridized carbons (Fsp3) is 0.625. The Bertz CT molecular complexity index is 463. The van der Waals surface area contributed by atoms with Gasteiger partial charge in [-0.2, -0.15) is 0 Å². The van der Waals surface area contributed by atoms with Crippen molar-refractivity contribution < 1.29 is 14.3 Å². The van der Waals surface area contributed by atoms with Gasteiger partial charge in [-0.3, -0.25) is 4.79 Å². The van der Waals surface area contributed by atoms with Crippen molar-refractivity contribution in [3.63, 3.8) is 0 Å². The van der Waals surface area contributed by atoms with Gasteiger partial charge in [-0.25, -0.2) is 4.98 Å². The molecule has 2 fully saturated rings. The first kappa shape index (κ1) is 14.3. The minimum Gasteiger partial charge on any atom is -0.474 e. The maximum Gasteiger partial charge on any atom is 0.252 e. The minimum atomic E-state index is -0.0817. The Morgan fingerprint density at radius 2 is 2.19 bits per heavy atom. The first-order chi connectivity index (χ1) is 10.3. The van der Waals surface area contributed by atoms with Crippen LogP contribution in [-0.4, -0.2) is 36.8 Å². The third-order valence-electron chi connectivity index (χ3n) is 4.16. The van der Waals surface area contributed by atoms with E-state index in [0.717, 1.165) is 32.5 Å². The molecule has 1 aliphatic heterocycles. The molecule has 1 aromatic heterocycles. The molecule has 0 spiro atoms. The second-order valence-corrected chi connectivity index (χ2v) is 5.85. The molecule has 1 N–H and O–H groups in total. The van der Waals surface area contributed by atoms with Crippen LogP contribution in [0, 0.1) is 5.92 Å². The number of nitrogens with zero attached hydrogens (tertiary/aromatic N) is 1. The predicted molar refractivity (Wildman–Crippen MR) is 78.4 cm³/mol. The van der Waals surface area contributed by atoms with E-state index in [-0.39, 0.29) is 5.91 Å². The highest BCUT2D eigenvalue weighted by Crippen LogP contribution is 2.22. The third-order valence-corrected chi connectivity index (χ3v) is 4.16. The Kier molecular flexibility index (Phi) is 4.70. The van der Waals surface area contributed by atoms with Gasteiger partial charge in [-0.05, 0) is 38.2 Å². The normalized spacial score (nSPS) is 22.4. The number of amides is 1. The second kappa shape index (κ2) is 6.89. The van der Waals surface area contributed by atoms with Crippen molar-refractivity contribution in [1.29, 1.82) is 0 Å². The van der Waals surface area contributed by atoms with Crippen LogP contribution in [0.25, 0.3) is 0 Å². The molecule has 0 radical (unpaired) electrons. The van der Waals surface area contributed by atoms with Crippen LogP contribution < -0.4 is 10.1 Å². The molecule has 5 heteroatoms. The van der Waals surface area contributed by atoms with E-state index < -0.39 is 0 Å². The predicted octanol–water partition coefficient (Wildman–Crippen LogP) is 2.17. The number of carbonyl (C=O) groups is 1. The van der Waals surface area contributed by atoms with Gasteiger partial charge in [0.15, 0.2) is 0 Å². The number of aromatic nitrogens is 1. The van der Waals surface area contributed by atoms with Gasteiger partial charge in [-0.15, -0.1) is 0 Å². The van der Waals surface area contributed by atoms with Crippen molar-refractivity contribution in [3.8, 4) is 5.88 Å². The molecule has 21 heavy (non-hydrogen) atoms. The van der Waals surface area contributed by atoms with Crippen LogP contribution in [0.4, 0.5) is 0 Å². The summed E-state index contributed by atoms with van der Waals surface area (Å²) in [6, 6.07) is 3.56. The molecule has 1 atom stereocenters. The lowest BCUT2D eigenvalue weighted by Gasteiger charge is -2.12. The fourth-order valence-electron chi connectivity index (χ4n) is 2.84. The van der Waals surface area contributed by atoms with Crippen molar-refractivity contribution >= 4 is 5.91 Å². The van der Waals surface area contributed by atoms with E-state index in [0.29, 0.717) is 30.0 Å². The Hall–Kier alpha value is -1.62. The lowest BCUT2D eigenvalue weighted by atomic mass is 10.1. The van der Waals surface area contributed by atoms with Crippen LogP contribution in [0.15, 0.2) is 18.3 Å². The van der Waals surface area contributed by atoms with E-state index >= 15 is 0 Å². The largest absolute Gasteiger partial charge is 0.474 e. The first-order valence-corrected chi connectivity index (χ1v) is 7.80. The van der Waals surface area contributed by atoms with Crippen LogP contribution in [0.1, 0.15) is 42.5 Å².